The molecule has 2 N–H and O–H groups in total. The van der Waals surface area contributed by atoms with Crippen LogP contribution < -0.4 is 15.2 Å². The smallest absolute Gasteiger partial charge is 0.161 e. The molecule has 3 heteroatoms. The fraction of sp³-hybridized carbons (Fsp3) is 0.538. The van der Waals surface area contributed by atoms with Gasteiger partial charge in [0.2, 0.25) is 0 Å². The van der Waals surface area contributed by atoms with Gasteiger partial charge in [-0.15, -0.1) is 0 Å². The lowest BCUT2D eigenvalue weighted by molar-refractivity contribution is 0.171. The van der Waals surface area contributed by atoms with Crippen molar-refractivity contribution in [3.05, 3.63) is 23.3 Å². The molecule has 88 valence electrons. The topological polar surface area (TPSA) is 44.5 Å². The third-order valence-electron chi connectivity index (χ3n) is 3.07. The van der Waals surface area contributed by atoms with Gasteiger partial charge in [-0.2, -0.15) is 0 Å². The van der Waals surface area contributed by atoms with Gasteiger partial charge < -0.3 is 15.2 Å². The van der Waals surface area contributed by atoms with Crippen molar-refractivity contribution in [2.45, 2.75) is 26.2 Å². The summed E-state index contributed by atoms with van der Waals surface area (Å²) in [6, 6.07) is 4.18. The van der Waals surface area contributed by atoms with Gasteiger partial charge >= 0.3 is 0 Å². The van der Waals surface area contributed by atoms with Crippen LogP contribution in [0.4, 0.5) is 0 Å². The van der Waals surface area contributed by atoms with Crippen LogP contribution in [0.2, 0.25) is 0 Å². The zero-order chi connectivity index (χ0) is 11.5. The van der Waals surface area contributed by atoms with Crippen molar-refractivity contribution in [2.75, 3.05) is 19.8 Å². The molecule has 0 aliphatic carbocycles. The first kappa shape index (κ1) is 11.3. The summed E-state index contributed by atoms with van der Waals surface area (Å²) in [6.07, 6.45) is 0.996. The van der Waals surface area contributed by atoms with Gasteiger partial charge in [0, 0.05) is 0 Å². The molecule has 0 saturated heterocycles. The van der Waals surface area contributed by atoms with E-state index in [0.717, 1.165) is 17.9 Å². The summed E-state index contributed by atoms with van der Waals surface area (Å²) in [5.41, 5.74) is 8.33. The Bertz CT molecular complexity index is 376. The van der Waals surface area contributed by atoms with Gasteiger partial charge in [-0.3, -0.25) is 0 Å². The Kier molecular flexibility index (Phi) is 3.34. The molecule has 0 radical (unpaired) electrons. The SMILES string of the molecule is CCc1cc2c(cc1C(C)CN)OCCO2. The van der Waals surface area contributed by atoms with Gasteiger partial charge in [0.25, 0.3) is 0 Å². The molecule has 0 saturated carbocycles. The van der Waals surface area contributed by atoms with Crippen LogP contribution in [-0.4, -0.2) is 19.8 Å². The maximum atomic E-state index is 5.73. The van der Waals surface area contributed by atoms with E-state index in [1.165, 1.54) is 11.1 Å². The Balaban J connectivity index is 2.43. The Morgan fingerprint density at radius 2 is 1.88 bits per heavy atom. The molecule has 1 aliphatic heterocycles. The summed E-state index contributed by atoms with van der Waals surface area (Å²) in [7, 11) is 0. The lowest BCUT2D eigenvalue weighted by Crippen LogP contribution is -2.17. The zero-order valence-electron chi connectivity index (χ0n) is 9.95. The van der Waals surface area contributed by atoms with Crippen LogP contribution >= 0.6 is 0 Å². The quantitative estimate of drug-likeness (QED) is 0.850. The number of aryl methyl sites for hydroxylation is 1. The monoisotopic (exact) mass is 221 g/mol. The second-order valence-electron chi connectivity index (χ2n) is 4.18. The summed E-state index contributed by atoms with van der Waals surface area (Å²) in [6.45, 7) is 6.23. The van der Waals surface area contributed by atoms with Crippen molar-refractivity contribution in [1.29, 1.82) is 0 Å². The summed E-state index contributed by atoms with van der Waals surface area (Å²) >= 11 is 0. The van der Waals surface area contributed by atoms with Crippen molar-refractivity contribution >= 4 is 0 Å². The van der Waals surface area contributed by atoms with Gasteiger partial charge in [0.1, 0.15) is 13.2 Å². The number of ether oxygens (including phenoxy) is 2. The van der Waals surface area contributed by atoms with E-state index < -0.39 is 0 Å². The Morgan fingerprint density at radius 1 is 1.25 bits per heavy atom. The van der Waals surface area contributed by atoms with Crippen molar-refractivity contribution in [1.82, 2.24) is 0 Å². The molecule has 1 atom stereocenters. The maximum Gasteiger partial charge on any atom is 0.161 e. The van der Waals surface area contributed by atoms with Crippen molar-refractivity contribution < 1.29 is 9.47 Å². The Morgan fingerprint density at radius 3 is 2.44 bits per heavy atom. The van der Waals surface area contributed by atoms with Crippen LogP contribution in [0.1, 0.15) is 30.9 Å². The van der Waals surface area contributed by atoms with Crippen molar-refractivity contribution in [3.63, 3.8) is 0 Å². The van der Waals surface area contributed by atoms with Gasteiger partial charge in [-0.05, 0) is 42.1 Å². The lowest BCUT2D eigenvalue weighted by Gasteiger charge is -2.22. The minimum atomic E-state index is 0.366. The third-order valence-corrected chi connectivity index (χ3v) is 3.07. The predicted molar refractivity (Wildman–Crippen MR) is 64.3 cm³/mol. The van der Waals surface area contributed by atoms with Gasteiger partial charge in [0.15, 0.2) is 11.5 Å². The van der Waals surface area contributed by atoms with E-state index in [1.54, 1.807) is 0 Å². The normalized spacial score (nSPS) is 15.9. The highest BCUT2D eigenvalue weighted by atomic mass is 16.6. The molecule has 3 nitrogen and oxygen atoms in total. The molecule has 16 heavy (non-hydrogen) atoms. The van der Waals surface area contributed by atoms with Crippen molar-refractivity contribution in [3.8, 4) is 11.5 Å². The number of hydrogen-bond donors (Lipinski definition) is 1. The molecule has 0 bridgehead atoms. The largest absolute Gasteiger partial charge is 0.486 e. The van der Waals surface area contributed by atoms with E-state index in [-0.39, 0.29) is 0 Å². The molecule has 0 fully saturated rings. The zero-order valence-corrected chi connectivity index (χ0v) is 9.95. The molecule has 1 unspecified atom stereocenters. The van der Waals surface area contributed by atoms with Crippen LogP contribution in [0.3, 0.4) is 0 Å². The average molecular weight is 221 g/mol. The summed E-state index contributed by atoms with van der Waals surface area (Å²) in [4.78, 5) is 0. The minimum absolute atomic E-state index is 0.366. The number of rotatable bonds is 3. The van der Waals surface area contributed by atoms with Crippen LogP contribution in [0.25, 0.3) is 0 Å². The van der Waals surface area contributed by atoms with E-state index in [0.29, 0.717) is 25.7 Å². The minimum Gasteiger partial charge on any atom is -0.486 e. The first-order valence-electron chi connectivity index (χ1n) is 5.88. The fourth-order valence-electron chi connectivity index (χ4n) is 2.04. The van der Waals surface area contributed by atoms with Crippen molar-refractivity contribution in [2.24, 2.45) is 5.73 Å². The lowest BCUT2D eigenvalue weighted by atomic mass is 9.93. The number of hydrogen-bond acceptors (Lipinski definition) is 3. The summed E-state index contributed by atoms with van der Waals surface area (Å²) in [5, 5.41) is 0. The van der Waals surface area contributed by atoms with Crippen LogP contribution in [0.5, 0.6) is 11.5 Å². The first-order valence-corrected chi connectivity index (χ1v) is 5.88. The summed E-state index contributed by atoms with van der Waals surface area (Å²) < 4.78 is 11.2. The highest BCUT2D eigenvalue weighted by molar-refractivity contribution is 5.49. The highest BCUT2D eigenvalue weighted by Crippen LogP contribution is 2.35. The molecule has 1 aromatic rings. The molecule has 0 spiro atoms. The van der Waals surface area contributed by atoms with Crippen LogP contribution in [-0.2, 0) is 6.42 Å². The second-order valence-corrected chi connectivity index (χ2v) is 4.18. The molecule has 1 heterocycles. The molecule has 0 amide bonds. The van der Waals surface area contributed by atoms with E-state index in [1.807, 2.05) is 0 Å². The second kappa shape index (κ2) is 4.74. The van der Waals surface area contributed by atoms with Crippen LogP contribution in [0.15, 0.2) is 12.1 Å². The standard InChI is InChI=1S/C13H19NO2/c1-3-10-6-12-13(16-5-4-15-12)7-11(10)9(2)8-14/h6-7,9H,3-5,8,14H2,1-2H3. The first-order chi connectivity index (χ1) is 7.76. The maximum absolute atomic E-state index is 5.73. The molecule has 1 aliphatic rings. The van der Waals surface area contributed by atoms with E-state index >= 15 is 0 Å². The third kappa shape index (κ3) is 2.00. The molecular formula is C13H19NO2. The van der Waals surface area contributed by atoms with Crippen LogP contribution in [0, 0.1) is 0 Å². The molecule has 2 rings (SSSR count). The summed E-state index contributed by atoms with van der Waals surface area (Å²) in [5.74, 6) is 2.10. The number of benzene rings is 1. The van der Waals surface area contributed by atoms with Gasteiger partial charge in [-0.25, -0.2) is 0 Å². The highest BCUT2D eigenvalue weighted by Gasteiger charge is 2.17. The van der Waals surface area contributed by atoms with Gasteiger partial charge in [-0.1, -0.05) is 13.8 Å². The van der Waals surface area contributed by atoms with E-state index in [4.69, 9.17) is 15.2 Å². The van der Waals surface area contributed by atoms with E-state index in [2.05, 4.69) is 26.0 Å². The number of fused-ring (bicyclic) bond motifs is 1. The Hall–Kier alpha value is -1.22. The molecule has 0 aromatic heterocycles. The van der Waals surface area contributed by atoms with Gasteiger partial charge in [0.05, 0.1) is 0 Å². The fourth-order valence-corrected chi connectivity index (χ4v) is 2.04. The van der Waals surface area contributed by atoms with E-state index in [9.17, 15) is 0 Å². The predicted octanol–water partition coefficient (Wildman–Crippen LogP) is 2.08. The number of nitrogens with two attached hydrogens (primary N) is 1. The molecular weight excluding hydrogens is 202 g/mol. The average Bonchev–Trinajstić information content (AvgIpc) is 2.36. The Labute approximate surface area is 96.5 Å². The molecule has 1 aromatic carbocycles.